The molecule has 0 saturated heterocycles. The lowest BCUT2D eigenvalue weighted by molar-refractivity contribution is 0.102. The maximum absolute atomic E-state index is 12.4. The number of aryl methyl sites for hydroxylation is 1. The summed E-state index contributed by atoms with van der Waals surface area (Å²) in [4.78, 5) is 29.2. The van der Waals surface area contributed by atoms with E-state index in [0.29, 0.717) is 16.9 Å². The van der Waals surface area contributed by atoms with Gasteiger partial charge in [-0.25, -0.2) is 9.78 Å². The van der Waals surface area contributed by atoms with Gasteiger partial charge in [0.05, 0.1) is 10.7 Å². The van der Waals surface area contributed by atoms with Gasteiger partial charge in [0.2, 0.25) is 0 Å². The van der Waals surface area contributed by atoms with Crippen molar-refractivity contribution in [2.24, 2.45) is 0 Å². The second-order valence-electron chi connectivity index (χ2n) is 5.91. The second kappa shape index (κ2) is 9.38. The van der Waals surface area contributed by atoms with Crippen molar-refractivity contribution >= 4 is 46.4 Å². The van der Waals surface area contributed by atoms with Gasteiger partial charge in [0.25, 0.3) is 5.91 Å². The molecule has 28 heavy (non-hydrogen) atoms. The average Bonchev–Trinajstić information content (AvgIpc) is 3.13. The molecule has 1 aromatic heterocycles. The number of anilines is 2. The molecule has 0 fully saturated rings. The summed E-state index contributed by atoms with van der Waals surface area (Å²) in [6.07, 6.45) is 0. The minimum Gasteiger partial charge on any atom is -0.341 e. The van der Waals surface area contributed by atoms with E-state index in [1.165, 1.54) is 0 Å². The number of thiazole rings is 1. The van der Waals surface area contributed by atoms with E-state index in [2.05, 4.69) is 26.3 Å². The van der Waals surface area contributed by atoms with E-state index in [4.69, 9.17) is 0 Å². The Morgan fingerprint density at radius 3 is 2.21 bits per heavy atom. The van der Waals surface area contributed by atoms with Crippen LogP contribution in [0.1, 0.15) is 21.1 Å². The van der Waals surface area contributed by atoms with Crippen LogP contribution in [-0.2, 0) is 5.75 Å². The molecule has 2 aromatic carbocycles. The number of hydrogen-bond donors (Lipinski definition) is 3. The first-order valence-electron chi connectivity index (χ1n) is 8.57. The highest BCUT2D eigenvalue weighted by Gasteiger charge is 2.07. The van der Waals surface area contributed by atoms with Crippen LogP contribution in [0.5, 0.6) is 0 Å². The molecule has 0 unspecified atom stereocenters. The van der Waals surface area contributed by atoms with Crippen LogP contribution in [0.2, 0.25) is 0 Å². The Bertz CT molecular complexity index is 953. The number of aromatic nitrogens is 1. The summed E-state index contributed by atoms with van der Waals surface area (Å²) in [5.41, 5.74) is 2.96. The molecular formula is C20H20N4O2S2. The van der Waals surface area contributed by atoms with Crippen LogP contribution >= 0.6 is 23.1 Å². The summed E-state index contributed by atoms with van der Waals surface area (Å²) in [5, 5.41) is 11.1. The molecule has 6 nitrogen and oxygen atoms in total. The number of carbonyl (C=O) groups is 2. The summed E-state index contributed by atoms with van der Waals surface area (Å²) in [6.45, 7) is 2.00. The zero-order valence-electron chi connectivity index (χ0n) is 15.5. The molecule has 0 aliphatic carbocycles. The number of rotatable bonds is 6. The summed E-state index contributed by atoms with van der Waals surface area (Å²) >= 11 is 3.34. The lowest BCUT2D eigenvalue weighted by Gasteiger charge is -2.08. The first kappa shape index (κ1) is 19.9. The Morgan fingerprint density at radius 1 is 1.00 bits per heavy atom. The average molecular weight is 413 g/mol. The third kappa shape index (κ3) is 5.58. The van der Waals surface area contributed by atoms with Gasteiger partial charge in [-0.2, -0.15) is 0 Å². The van der Waals surface area contributed by atoms with Crippen LogP contribution < -0.4 is 16.0 Å². The number of thioether (sulfide) groups is 1. The van der Waals surface area contributed by atoms with E-state index >= 15 is 0 Å². The number of urea groups is 1. The molecule has 8 heteroatoms. The fourth-order valence-corrected chi connectivity index (χ4v) is 3.88. The van der Waals surface area contributed by atoms with Crippen LogP contribution in [0, 0.1) is 6.92 Å². The minimum absolute atomic E-state index is 0.182. The van der Waals surface area contributed by atoms with Gasteiger partial charge in [-0.1, -0.05) is 0 Å². The topological polar surface area (TPSA) is 83.1 Å². The zero-order chi connectivity index (χ0) is 19.9. The molecule has 0 radical (unpaired) electrons. The van der Waals surface area contributed by atoms with E-state index in [-0.39, 0.29) is 11.9 Å². The van der Waals surface area contributed by atoms with Gasteiger partial charge in [-0.3, -0.25) is 4.79 Å². The number of nitrogens with one attached hydrogen (secondary N) is 3. The number of carbonyl (C=O) groups excluding carboxylic acids is 2. The highest BCUT2D eigenvalue weighted by atomic mass is 32.2. The van der Waals surface area contributed by atoms with Crippen molar-refractivity contribution in [2.45, 2.75) is 17.6 Å². The molecule has 0 aliphatic rings. The number of nitrogens with zero attached hydrogens (tertiary/aromatic N) is 1. The standard InChI is InChI=1S/C20H20N4O2S2/c1-13-22-17(11-27-13)12-28-18-9-3-14(4-10-18)19(25)23-15-5-7-16(8-6-15)24-20(26)21-2/h3-11H,12H2,1-2H3,(H,23,25)(H2,21,24,26). The third-order valence-electron chi connectivity index (χ3n) is 3.80. The Balaban J connectivity index is 1.54. The summed E-state index contributed by atoms with van der Waals surface area (Å²) in [7, 11) is 1.55. The molecule has 0 spiro atoms. The molecule has 0 aliphatic heterocycles. The van der Waals surface area contributed by atoms with Gasteiger partial charge in [-0.15, -0.1) is 23.1 Å². The van der Waals surface area contributed by atoms with Gasteiger partial charge in [0, 0.05) is 40.0 Å². The van der Waals surface area contributed by atoms with Crippen molar-refractivity contribution in [3.05, 3.63) is 70.2 Å². The molecule has 0 atom stereocenters. The number of amides is 3. The van der Waals surface area contributed by atoms with E-state index in [9.17, 15) is 9.59 Å². The lowest BCUT2D eigenvalue weighted by atomic mass is 10.2. The predicted octanol–water partition coefficient (Wildman–Crippen LogP) is 4.75. The van der Waals surface area contributed by atoms with Gasteiger partial charge < -0.3 is 16.0 Å². The molecule has 0 bridgehead atoms. The molecule has 144 valence electrons. The second-order valence-corrected chi connectivity index (χ2v) is 8.02. The van der Waals surface area contributed by atoms with Gasteiger partial charge >= 0.3 is 6.03 Å². The Kier molecular flexibility index (Phi) is 6.67. The smallest absolute Gasteiger partial charge is 0.318 e. The van der Waals surface area contributed by atoms with Crippen molar-refractivity contribution in [3.8, 4) is 0 Å². The van der Waals surface area contributed by atoms with E-state index < -0.39 is 0 Å². The van der Waals surface area contributed by atoms with Crippen LogP contribution in [-0.4, -0.2) is 24.0 Å². The monoisotopic (exact) mass is 412 g/mol. The van der Waals surface area contributed by atoms with E-state index in [1.54, 1.807) is 54.4 Å². The van der Waals surface area contributed by atoms with Crippen LogP contribution in [0.25, 0.3) is 0 Å². The maximum Gasteiger partial charge on any atom is 0.318 e. The third-order valence-corrected chi connectivity index (χ3v) is 5.67. The lowest BCUT2D eigenvalue weighted by Crippen LogP contribution is -2.24. The van der Waals surface area contributed by atoms with Crippen molar-refractivity contribution in [2.75, 3.05) is 17.7 Å². The SMILES string of the molecule is CNC(=O)Nc1ccc(NC(=O)c2ccc(SCc3csc(C)n3)cc2)cc1. The van der Waals surface area contributed by atoms with Crippen molar-refractivity contribution < 1.29 is 9.59 Å². The normalized spacial score (nSPS) is 10.4. The van der Waals surface area contributed by atoms with Crippen LogP contribution in [0.4, 0.5) is 16.2 Å². The largest absolute Gasteiger partial charge is 0.341 e. The van der Waals surface area contributed by atoms with Crippen molar-refractivity contribution in [1.82, 2.24) is 10.3 Å². The molecular weight excluding hydrogens is 392 g/mol. The Hall–Kier alpha value is -2.84. The van der Waals surface area contributed by atoms with Crippen LogP contribution in [0.15, 0.2) is 58.8 Å². The summed E-state index contributed by atoms with van der Waals surface area (Å²) < 4.78 is 0. The molecule has 3 aromatic rings. The van der Waals surface area contributed by atoms with Crippen molar-refractivity contribution in [1.29, 1.82) is 0 Å². The molecule has 3 rings (SSSR count). The Morgan fingerprint density at radius 2 is 1.64 bits per heavy atom. The van der Waals surface area contributed by atoms with Gasteiger partial charge in [0.1, 0.15) is 0 Å². The predicted molar refractivity (Wildman–Crippen MR) is 115 cm³/mol. The van der Waals surface area contributed by atoms with Crippen LogP contribution in [0.3, 0.4) is 0 Å². The fraction of sp³-hybridized carbons (Fsp3) is 0.150. The molecule has 0 saturated carbocycles. The first-order valence-corrected chi connectivity index (χ1v) is 10.4. The summed E-state index contributed by atoms with van der Waals surface area (Å²) in [6, 6.07) is 14.1. The molecule has 1 heterocycles. The fourth-order valence-electron chi connectivity index (χ4n) is 2.37. The van der Waals surface area contributed by atoms with E-state index in [1.807, 2.05) is 31.2 Å². The number of hydrogen-bond acceptors (Lipinski definition) is 5. The summed E-state index contributed by atoms with van der Waals surface area (Å²) in [5.74, 6) is 0.630. The minimum atomic E-state index is -0.292. The van der Waals surface area contributed by atoms with Crippen molar-refractivity contribution in [3.63, 3.8) is 0 Å². The molecule has 3 amide bonds. The maximum atomic E-state index is 12.4. The van der Waals surface area contributed by atoms with Gasteiger partial charge in [-0.05, 0) is 55.5 Å². The number of benzene rings is 2. The quantitative estimate of drug-likeness (QED) is 0.510. The highest BCUT2D eigenvalue weighted by Crippen LogP contribution is 2.24. The zero-order valence-corrected chi connectivity index (χ0v) is 17.1. The highest BCUT2D eigenvalue weighted by molar-refractivity contribution is 7.98. The van der Waals surface area contributed by atoms with E-state index in [0.717, 1.165) is 21.3 Å². The molecule has 3 N–H and O–H groups in total. The Labute approximate surface area is 171 Å². The van der Waals surface area contributed by atoms with Gasteiger partial charge in [0.15, 0.2) is 0 Å². The first-order chi connectivity index (χ1) is 13.5.